The first-order valence-corrected chi connectivity index (χ1v) is 11.2. The van der Waals surface area contributed by atoms with E-state index >= 15 is 0 Å². The number of alkyl halides is 2. The lowest BCUT2D eigenvalue weighted by Gasteiger charge is -2.10. The highest BCUT2D eigenvalue weighted by atomic mass is 32.1. The number of nitrogens with one attached hydrogen (secondary N) is 1. The molecular formula is C25H21F2N3O4S. The fraction of sp³-hybridized carbons (Fsp3) is 0.160. The van der Waals surface area contributed by atoms with E-state index in [9.17, 15) is 23.6 Å². The first-order valence-electron chi connectivity index (χ1n) is 10.4. The number of aromatic nitrogens is 1. The summed E-state index contributed by atoms with van der Waals surface area (Å²) in [4.78, 5) is 26.1. The van der Waals surface area contributed by atoms with Crippen molar-refractivity contribution in [1.29, 1.82) is 5.26 Å². The zero-order valence-corrected chi connectivity index (χ0v) is 19.5. The minimum Gasteiger partial charge on any atom is -0.492 e. The van der Waals surface area contributed by atoms with E-state index in [0.717, 1.165) is 11.3 Å². The Morgan fingerprint density at radius 2 is 1.91 bits per heavy atom. The third-order valence-corrected chi connectivity index (χ3v) is 5.76. The molecule has 0 aliphatic carbocycles. The van der Waals surface area contributed by atoms with Gasteiger partial charge in [0.1, 0.15) is 22.2 Å². The summed E-state index contributed by atoms with van der Waals surface area (Å²) in [5.41, 5.74) is -0.188. The molecule has 0 spiro atoms. The number of amides is 1. The van der Waals surface area contributed by atoms with E-state index in [1.54, 1.807) is 37.3 Å². The molecule has 1 aromatic heterocycles. The highest BCUT2D eigenvalue weighted by Crippen LogP contribution is 2.24. The van der Waals surface area contributed by atoms with Gasteiger partial charge in [-0.05, 0) is 31.2 Å². The predicted octanol–water partition coefficient (Wildman–Crippen LogP) is 3.24. The number of thiazole rings is 1. The SMILES string of the molecule is C=CCn1c(=C(C#N)C(=O)Nc2ccccc2OCC)sc(=Cc2ccccc2OC(F)F)c1=O. The van der Waals surface area contributed by atoms with Crippen LogP contribution in [0.2, 0.25) is 0 Å². The molecule has 1 heterocycles. The number of hydrogen-bond acceptors (Lipinski definition) is 6. The number of nitrogens with zero attached hydrogens (tertiary/aromatic N) is 2. The van der Waals surface area contributed by atoms with Gasteiger partial charge in [-0.1, -0.05) is 36.4 Å². The molecule has 3 rings (SSSR count). The first-order chi connectivity index (χ1) is 16.9. The number of halogens is 2. The van der Waals surface area contributed by atoms with Gasteiger partial charge >= 0.3 is 6.61 Å². The van der Waals surface area contributed by atoms with Crippen LogP contribution in [0.5, 0.6) is 11.5 Å². The molecule has 3 aromatic rings. The third kappa shape index (κ3) is 6.02. The molecule has 0 saturated carbocycles. The predicted molar refractivity (Wildman–Crippen MR) is 130 cm³/mol. The van der Waals surface area contributed by atoms with Gasteiger partial charge in [-0.15, -0.1) is 17.9 Å². The highest BCUT2D eigenvalue weighted by molar-refractivity contribution is 7.07. The van der Waals surface area contributed by atoms with Crippen LogP contribution in [0.25, 0.3) is 11.6 Å². The molecule has 2 aromatic carbocycles. The maximum absolute atomic E-state index is 13.1. The number of allylic oxidation sites excluding steroid dienone is 1. The van der Waals surface area contributed by atoms with E-state index in [0.29, 0.717) is 18.0 Å². The van der Waals surface area contributed by atoms with Crippen LogP contribution in [0.15, 0.2) is 66.0 Å². The van der Waals surface area contributed by atoms with Gasteiger partial charge in [-0.25, -0.2) is 0 Å². The van der Waals surface area contributed by atoms with E-state index < -0.39 is 18.1 Å². The quantitative estimate of drug-likeness (QED) is 0.458. The molecule has 35 heavy (non-hydrogen) atoms. The van der Waals surface area contributed by atoms with Crippen molar-refractivity contribution >= 4 is 34.6 Å². The number of benzene rings is 2. The van der Waals surface area contributed by atoms with Gasteiger partial charge in [0, 0.05) is 12.1 Å². The normalized spacial score (nSPS) is 12.1. The van der Waals surface area contributed by atoms with Crippen LogP contribution >= 0.6 is 11.3 Å². The van der Waals surface area contributed by atoms with Gasteiger partial charge < -0.3 is 14.8 Å². The standard InChI is InChI=1S/C25H21F2N3O4S/c1-3-13-30-23(32)21(14-16-9-5-7-11-19(16)34-25(26)27)35-24(30)17(15-28)22(31)29-18-10-6-8-12-20(18)33-4-2/h3,5-12,14,25H,1,4,13H2,2H3,(H,29,31). The number of ether oxygens (including phenoxy) is 2. The second-order valence-corrected chi connectivity index (χ2v) is 7.94. The Morgan fingerprint density at radius 1 is 1.23 bits per heavy atom. The molecule has 7 nitrogen and oxygen atoms in total. The van der Waals surface area contributed by atoms with Gasteiger partial charge in [0.15, 0.2) is 5.57 Å². The van der Waals surface area contributed by atoms with Crippen molar-refractivity contribution in [3.63, 3.8) is 0 Å². The smallest absolute Gasteiger partial charge is 0.387 e. The Morgan fingerprint density at radius 3 is 2.57 bits per heavy atom. The van der Waals surface area contributed by atoms with Crippen LogP contribution in [0.1, 0.15) is 12.5 Å². The van der Waals surface area contributed by atoms with Crippen molar-refractivity contribution in [3.8, 4) is 17.6 Å². The van der Waals surface area contributed by atoms with Crippen molar-refractivity contribution in [3.05, 3.63) is 86.3 Å². The Balaban J connectivity index is 2.16. The number of hydrogen-bond donors (Lipinski definition) is 1. The lowest BCUT2D eigenvalue weighted by molar-refractivity contribution is -0.111. The van der Waals surface area contributed by atoms with Crippen molar-refractivity contribution in [2.75, 3.05) is 11.9 Å². The Hall–Kier alpha value is -4.23. The van der Waals surface area contributed by atoms with Gasteiger partial charge in [0.2, 0.25) is 0 Å². The molecule has 0 atom stereocenters. The first kappa shape index (κ1) is 25.4. The zero-order chi connectivity index (χ0) is 25.4. The summed E-state index contributed by atoms with van der Waals surface area (Å²) in [7, 11) is 0. The molecule has 0 unspecified atom stereocenters. The second kappa shape index (κ2) is 11.8. The van der Waals surface area contributed by atoms with Crippen molar-refractivity contribution in [2.45, 2.75) is 20.1 Å². The number of nitriles is 1. The van der Waals surface area contributed by atoms with Crippen molar-refractivity contribution in [2.24, 2.45) is 0 Å². The molecule has 0 fully saturated rings. The van der Waals surface area contributed by atoms with Crippen LogP contribution in [0.4, 0.5) is 14.5 Å². The molecule has 0 bridgehead atoms. The second-order valence-electron chi connectivity index (χ2n) is 6.91. The molecule has 0 radical (unpaired) electrons. The highest BCUT2D eigenvalue weighted by Gasteiger charge is 2.18. The summed E-state index contributed by atoms with van der Waals surface area (Å²) in [6.07, 6.45) is 2.83. The molecule has 1 amide bonds. The van der Waals surface area contributed by atoms with E-state index in [1.807, 2.05) is 6.07 Å². The maximum Gasteiger partial charge on any atom is 0.387 e. The summed E-state index contributed by atoms with van der Waals surface area (Å²) in [6.45, 7) is 2.80. The number of para-hydroxylation sites is 3. The summed E-state index contributed by atoms with van der Waals surface area (Å²) in [5.74, 6) is -0.409. The zero-order valence-electron chi connectivity index (χ0n) is 18.7. The molecule has 0 aliphatic heterocycles. The molecule has 180 valence electrons. The van der Waals surface area contributed by atoms with Crippen molar-refractivity contribution < 1.29 is 23.0 Å². The number of anilines is 1. The Kier molecular flexibility index (Phi) is 8.53. The Labute approximate surface area is 203 Å². The fourth-order valence-electron chi connectivity index (χ4n) is 3.18. The topological polar surface area (TPSA) is 93.3 Å². The third-order valence-electron chi connectivity index (χ3n) is 4.63. The molecule has 0 aliphatic rings. The van der Waals surface area contributed by atoms with E-state index in [-0.39, 0.29) is 32.6 Å². The van der Waals surface area contributed by atoms with Crippen LogP contribution in [0.3, 0.4) is 0 Å². The monoisotopic (exact) mass is 497 g/mol. The fourth-order valence-corrected chi connectivity index (χ4v) is 4.28. The minimum absolute atomic E-state index is 0.0294. The lowest BCUT2D eigenvalue weighted by Crippen LogP contribution is -2.33. The van der Waals surface area contributed by atoms with Gasteiger partial charge in [0.25, 0.3) is 11.5 Å². The van der Waals surface area contributed by atoms with Crippen LogP contribution in [-0.2, 0) is 11.3 Å². The molecular weight excluding hydrogens is 476 g/mol. The van der Waals surface area contributed by atoms with Gasteiger partial charge in [-0.2, -0.15) is 14.0 Å². The molecule has 1 N–H and O–H groups in total. The maximum atomic E-state index is 13.1. The largest absolute Gasteiger partial charge is 0.492 e. The number of carbonyl (C=O) groups is 1. The van der Waals surface area contributed by atoms with E-state index in [2.05, 4.69) is 16.6 Å². The van der Waals surface area contributed by atoms with Crippen LogP contribution in [0, 0.1) is 11.3 Å². The summed E-state index contributed by atoms with van der Waals surface area (Å²) >= 11 is 0.887. The van der Waals surface area contributed by atoms with E-state index in [4.69, 9.17) is 4.74 Å². The van der Waals surface area contributed by atoms with Gasteiger partial charge in [-0.3, -0.25) is 14.2 Å². The molecule has 0 saturated heterocycles. The Bertz CT molecular complexity index is 1450. The summed E-state index contributed by atoms with van der Waals surface area (Å²) in [5, 5.41) is 12.5. The number of carbonyl (C=O) groups excluding carboxylic acids is 1. The van der Waals surface area contributed by atoms with Crippen LogP contribution in [-0.4, -0.2) is 23.7 Å². The molecule has 10 heteroatoms. The average Bonchev–Trinajstić information content (AvgIpc) is 3.12. The van der Waals surface area contributed by atoms with Crippen molar-refractivity contribution in [1.82, 2.24) is 4.57 Å². The lowest BCUT2D eigenvalue weighted by atomic mass is 10.2. The summed E-state index contributed by atoms with van der Waals surface area (Å²) in [6, 6.07) is 14.6. The summed E-state index contributed by atoms with van der Waals surface area (Å²) < 4.78 is 37.0. The van der Waals surface area contributed by atoms with E-state index in [1.165, 1.54) is 34.9 Å². The number of rotatable bonds is 9. The average molecular weight is 498 g/mol. The minimum atomic E-state index is -3.04. The van der Waals surface area contributed by atoms with Crippen LogP contribution < -0.4 is 29.5 Å². The van der Waals surface area contributed by atoms with Gasteiger partial charge in [0.05, 0.1) is 16.8 Å².